The third kappa shape index (κ3) is 10.4. The van der Waals surface area contributed by atoms with Gasteiger partial charge in [-0.1, -0.05) is 0 Å². The van der Waals surface area contributed by atoms with Crippen LogP contribution in [0.4, 0.5) is 0 Å². The van der Waals surface area contributed by atoms with Crippen molar-refractivity contribution in [1.82, 2.24) is 42.7 Å². The molecule has 6 aromatic rings. The molecule has 0 spiro atoms. The lowest BCUT2D eigenvalue weighted by molar-refractivity contribution is -0.0801. The van der Waals surface area contributed by atoms with E-state index in [2.05, 4.69) is 20.1 Å². The van der Waals surface area contributed by atoms with Gasteiger partial charge >= 0.3 is 0 Å². The number of carbonyl (C=O) groups excluding carboxylic acids is 4. The summed E-state index contributed by atoms with van der Waals surface area (Å²) in [5, 5.41) is 8.95. The average Bonchev–Trinajstić information content (AvgIpc) is 4.05. The summed E-state index contributed by atoms with van der Waals surface area (Å²) in [5.41, 5.74) is 17.0. The number of aromatic nitrogens is 8. The van der Waals surface area contributed by atoms with Crippen molar-refractivity contribution in [3.8, 4) is 5.75 Å². The maximum Gasteiger partial charge on any atom is 0.298 e. The van der Waals surface area contributed by atoms with Crippen molar-refractivity contribution >= 4 is 45.7 Å². The van der Waals surface area contributed by atoms with E-state index >= 15 is 0 Å². The van der Waals surface area contributed by atoms with Crippen LogP contribution in [0.15, 0.2) is 52.4 Å². The van der Waals surface area contributed by atoms with Crippen molar-refractivity contribution in [1.29, 1.82) is 0 Å². The molecule has 1 aliphatic rings. The summed E-state index contributed by atoms with van der Waals surface area (Å²) in [6, 6.07) is 11.7. The third-order valence-electron chi connectivity index (χ3n) is 12.1. The molecule has 364 valence electrons. The predicted octanol–water partition coefficient (Wildman–Crippen LogP) is 2.61. The summed E-state index contributed by atoms with van der Waals surface area (Å²) in [4.78, 5) is 65.3. The number of carbonyl (C=O) groups is 4. The van der Waals surface area contributed by atoms with Gasteiger partial charge in [-0.3, -0.25) is 33.4 Å². The zero-order valence-corrected chi connectivity index (χ0v) is 40.2. The number of aryl methyl sites for hydroxylation is 6. The maximum absolute atomic E-state index is 14.3. The molecule has 0 radical (unpaired) electrons. The number of hydrogen-bond acceptors (Lipinski definition) is 11. The Balaban J connectivity index is 1.39. The molecule has 2 aromatic carbocycles. The van der Waals surface area contributed by atoms with Gasteiger partial charge in [0.05, 0.1) is 60.8 Å². The monoisotopic (exact) mass is 937 g/mol. The highest BCUT2D eigenvalue weighted by Gasteiger charge is 2.30. The Morgan fingerprint density at radius 1 is 0.706 bits per heavy atom. The van der Waals surface area contributed by atoms with Gasteiger partial charge in [-0.05, 0) is 90.4 Å². The number of ether oxygens (including phenoxy) is 4. The van der Waals surface area contributed by atoms with Gasteiger partial charge in [-0.2, -0.15) is 20.2 Å². The Bertz CT molecular complexity index is 2980. The molecule has 21 nitrogen and oxygen atoms in total. The van der Waals surface area contributed by atoms with Crippen LogP contribution in [0.3, 0.4) is 0 Å². The van der Waals surface area contributed by atoms with Crippen LogP contribution in [0, 0.1) is 13.8 Å². The number of rotatable bonds is 20. The highest BCUT2D eigenvalue weighted by Crippen LogP contribution is 2.29. The van der Waals surface area contributed by atoms with E-state index < -0.39 is 35.8 Å². The second kappa shape index (κ2) is 21.5. The summed E-state index contributed by atoms with van der Waals surface area (Å²) in [6.07, 6.45) is -0.774. The van der Waals surface area contributed by atoms with Crippen molar-refractivity contribution in [3.05, 3.63) is 87.6 Å². The van der Waals surface area contributed by atoms with Gasteiger partial charge < -0.3 is 48.7 Å². The first-order chi connectivity index (χ1) is 32.7. The summed E-state index contributed by atoms with van der Waals surface area (Å²) < 4.78 is 35.7. The molecule has 4 aromatic heterocycles. The zero-order valence-electron chi connectivity index (χ0n) is 40.2. The quantitative estimate of drug-likeness (QED) is 0.106. The Kier molecular flexibility index (Phi) is 15.6. The van der Waals surface area contributed by atoms with Crippen molar-refractivity contribution in [3.63, 3.8) is 0 Å². The summed E-state index contributed by atoms with van der Waals surface area (Å²) >= 11 is 0. The normalized spacial score (nSPS) is 14.9. The smallest absolute Gasteiger partial charge is 0.298 e. The van der Waals surface area contributed by atoms with Gasteiger partial charge in [0.25, 0.3) is 11.8 Å². The van der Waals surface area contributed by atoms with E-state index in [0.717, 1.165) is 19.6 Å². The zero-order chi connectivity index (χ0) is 48.8. The standard InChI is InChI=1S/C47H63N13O8/c1-9-59-36(22-29(5)52-59)44(63)50-46-54(7)34-24-31(42(48)61)14-15-33(34)57(46)27-39(66-11-3)40(67-12-4)28-58-41-35(55(8)47(58)51-45(64)37-23-30(6)53-60(37)10-2)25-32(43(49)62)26-38(41)68-19-13-16-56-17-20-65-21-18-56/h14-15,22-26,39-40H,9-13,16-21,27-28H2,1-8H3,(H2,48,61)(H2,49,62). The minimum absolute atomic E-state index is 0.0750. The first kappa shape index (κ1) is 49.2. The topological polar surface area (TPSA) is 241 Å². The lowest BCUT2D eigenvalue weighted by atomic mass is 10.1. The molecule has 0 aliphatic carbocycles. The molecule has 7 rings (SSSR count). The summed E-state index contributed by atoms with van der Waals surface area (Å²) in [6.45, 7) is 17.0. The molecular weight excluding hydrogens is 875 g/mol. The van der Waals surface area contributed by atoms with E-state index in [-0.39, 0.29) is 48.7 Å². The third-order valence-corrected chi connectivity index (χ3v) is 12.1. The fourth-order valence-corrected chi connectivity index (χ4v) is 8.81. The van der Waals surface area contributed by atoms with Crippen molar-refractivity contribution < 1.29 is 38.1 Å². The van der Waals surface area contributed by atoms with Crippen molar-refractivity contribution in [2.24, 2.45) is 35.5 Å². The Labute approximate surface area is 393 Å². The number of nitrogens with two attached hydrogens (primary N) is 2. The molecule has 4 amide bonds. The van der Waals surface area contributed by atoms with E-state index in [1.54, 1.807) is 75.1 Å². The molecule has 4 N–H and O–H groups in total. The number of morpholine rings is 1. The van der Waals surface area contributed by atoms with Crippen LogP contribution in [0.1, 0.15) is 87.2 Å². The van der Waals surface area contributed by atoms with Gasteiger partial charge in [0.15, 0.2) is 0 Å². The second-order valence-electron chi connectivity index (χ2n) is 16.7. The molecule has 0 bridgehead atoms. The molecule has 0 saturated carbocycles. The number of fused-ring (bicyclic) bond motifs is 2. The average molecular weight is 938 g/mol. The predicted molar refractivity (Wildman–Crippen MR) is 252 cm³/mol. The van der Waals surface area contributed by atoms with Crippen LogP contribution in [0.5, 0.6) is 5.75 Å². The maximum atomic E-state index is 14.3. The van der Waals surface area contributed by atoms with Crippen LogP contribution < -0.4 is 27.4 Å². The van der Waals surface area contributed by atoms with E-state index in [4.69, 9.17) is 35.4 Å². The van der Waals surface area contributed by atoms with Crippen LogP contribution in [0.2, 0.25) is 0 Å². The molecule has 1 saturated heterocycles. The molecular formula is C47H63N13O8. The molecule has 5 heterocycles. The van der Waals surface area contributed by atoms with Crippen molar-refractivity contribution in [2.45, 2.75) is 86.4 Å². The van der Waals surface area contributed by atoms with E-state index in [1.165, 1.54) is 0 Å². The van der Waals surface area contributed by atoms with Crippen LogP contribution in [0.25, 0.3) is 22.1 Å². The number of amides is 4. The molecule has 2 atom stereocenters. The highest BCUT2D eigenvalue weighted by molar-refractivity contribution is 5.99. The summed E-state index contributed by atoms with van der Waals surface area (Å²) in [5.74, 6) is -1.92. The SMILES string of the molecule is CCOC(Cn1c(=NC(=O)c2cc(C)nn2CC)n(C)c2cc(C(N)=O)ccc21)C(Cn1c(=NC(=O)c2cc(C)nn2CC)n(C)c2cc(C(N)=O)cc(OCCCN3CCOCC3)c21)OCC. The number of benzene rings is 2. The number of nitrogens with zero attached hydrogens (tertiary/aromatic N) is 11. The Morgan fingerprint density at radius 3 is 1.78 bits per heavy atom. The lowest BCUT2D eigenvalue weighted by Gasteiger charge is -2.28. The van der Waals surface area contributed by atoms with E-state index in [9.17, 15) is 19.2 Å². The number of primary amides is 2. The van der Waals surface area contributed by atoms with E-state index in [1.807, 2.05) is 50.7 Å². The first-order valence-corrected chi connectivity index (χ1v) is 23.1. The minimum Gasteiger partial charge on any atom is -0.491 e. The van der Waals surface area contributed by atoms with Gasteiger partial charge in [0.1, 0.15) is 34.9 Å². The van der Waals surface area contributed by atoms with Crippen molar-refractivity contribution in [2.75, 3.05) is 52.7 Å². The molecule has 1 fully saturated rings. The van der Waals surface area contributed by atoms with Gasteiger partial charge in [0.2, 0.25) is 23.1 Å². The molecule has 2 unspecified atom stereocenters. The Hall–Kier alpha value is -6.68. The fourth-order valence-electron chi connectivity index (χ4n) is 8.81. The van der Waals surface area contributed by atoms with Gasteiger partial charge in [0, 0.05) is 71.2 Å². The lowest BCUT2D eigenvalue weighted by Crippen LogP contribution is -2.43. The van der Waals surface area contributed by atoms with Crippen LogP contribution in [-0.4, -0.2) is 131 Å². The second-order valence-corrected chi connectivity index (χ2v) is 16.7. The van der Waals surface area contributed by atoms with Crippen LogP contribution in [-0.2, 0) is 54.5 Å². The van der Waals surface area contributed by atoms with Gasteiger partial charge in [-0.15, -0.1) is 0 Å². The fraction of sp³-hybridized carbons (Fsp3) is 0.489. The largest absolute Gasteiger partial charge is 0.491 e. The first-order valence-electron chi connectivity index (χ1n) is 23.1. The number of imidazole rings is 2. The minimum atomic E-state index is -0.742. The molecule has 21 heteroatoms. The Morgan fingerprint density at radius 2 is 1.24 bits per heavy atom. The van der Waals surface area contributed by atoms with Gasteiger partial charge in [-0.25, -0.2) is 0 Å². The summed E-state index contributed by atoms with van der Waals surface area (Å²) in [7, 11) is 3.53. The van der Waals surface area contributed by atoms with E-state index in [0.29, 0.717) is 89.9 Å². The highest BCUT2D eigenvalue weighted by atomic mass is 16.5. The molecule has 68 heavy (non-hydrogen) atoms. The van der Waals surface area contributed by atoms with Crippen LogP contribution >= 0.6 is 0 Å². The molecule has 1 aliphatic heterocycles. The number of hydrogen-bond donors (Lipinski definition) is 2.